The summed E-state index contributed by atoms with van der Waals surface area (Å²) >= 11 is 0. The summed E-state index contributed by atoms with van der Waals surface area (Å²) < 4.78 is 34.5. The van der Waals surface area contributed by atoms with Gasteiger partial charge >= 0.3 is 12.7 Å². The maximum Gasteiger partial charge on any atom is 0.412 e. The summed E-state index contributed by atoms with van der Waals surface area (Å²) in [6, 6.07) is 12.0. The Bertz CT molecular complexity index is 819. The Balaban J connectivity index is 2.11. The summed E-state index contributed by atoms with van der Waals surface area (Å²) in [5.74, 6) is -0.697. The molecule has 0 spiro atoms. The molecule has 2 rings (SSSR count). The van der Waals surface area contributed by atoms with E-state index in [-0.39, 0.29) is 17.0 Å². The molecule has 0 aliphatic rings. The number of para-hydroxylation sites is 2. The second-order valence-corrected chi connectivity index (χ2v) is 6.54. The first kappa shape index (κ1) is 20.2. The van der Waals surface area contributed by atoms with Crippen molar-refractivity contribution in [3.8, 4) is 5.75 Å². The highest BCUT2D eigenvalue weighted by Gasteiger charge is 2.17. The average Bonchev–Trinajstić information content (AvgIpc) is 2.54. The van der Waals surface area contributed by atoms with Crippen molar-refractivity contribution in [3.63, 3.8) is 0 Å². The first-order valence-corrected chi connectivity index (χ1v) is 8.09. The standard InChI is InChI=1S/C19H20F2N2O4/c1-19(2,3)27-18(25)22-13-8-6-7-12(11-13)16(24)23-14-9-4-5-10-15(14)26-17(20)21/h4-11,17H,1-3H3,(H,22,25)(H,23,24). The third kappa shape index (κ3) is 6.58. The van der Waals surface area contributed by atoms with Gasteiger partial charge in [-0.25, -0.2) is 4.79 Å². The molecule has 0 radical (unpaired) electrons. The van der Waals surface area contributed by atoms with Gasteiger partial charge in [-0.15, -0.1) is 0 Å². The molecule has 0 heterocycles. The molecule has 2 N–H and O–H groups in total. The summed E-state index contributed by atoms with van der Waals surface area (Å²) in [4.78, 5) is 24.2. The van der Waals surface area contributed by atoms with E-state index in [0.717, 1.165) is 0 Å². The quantitative estimate of drug-likeness (QED) is 0.777. The van der Waals surface area contributed by atoms with Gasteiger partial charge in [0.05, 0.1) is 5.69 Å². The second-order valence-electron chi connectivity index (χ2n) is 6.54. The van der Waals surface area contributed by atoms with Gasteiger partial charge in [-0.3, -0.25) is 10.1 Å². The van der Waals surface area contributed by atoms with Gasteiger partial charge in [0, 0.05) is 11.3 Å². The molecule has 0 fully saturated rings. The van der Waals surface area contributed by atoms with E-state index in [1.54, 1.807) is 39.0 Å². The lowest BCUT2D eigenvalue weighted by atomic mass is 10.1. The molecule has 0 aliphatic carbocycles. The molecule has 0 unspecified atom stereocenters. The molecule has 6 nitrogen and oxygen atoms in total. The van der Waals surface area contributed by atoms with Crippen LogP contribution in [-0.2, 0) is 4.74 Å². The number of benzene rings is 2. The fraction of sp³-hybridized carbons (Fsp3) is 0.263. The Morgan fingerprint density at radius 1 is 1.00 bits per heavy atom. The van der Waals surface area contributed by atoms with Crippen LogP contribution in [0.4, 0.5) is 25.0 Å². The van der Waals surface area contributed by atoms with E-state index in [9.17, 15) is 18.4 Å². The topological polar surface area (TPSA) is 76.7 Å². The van der Waals surface area contributed by atoms with Gasteiger partial charge in [0.25, 0.3) is 5.91 Å². The predicted octanol–water partition coefficient (Wildman–Crippen LogP) is 4.89. The molecule has 0 aromatic heterocycles. The molecular weight excluding hydrogens is 358 g/mol. The number of ether oxygens (including phenoxy) is 2. The number of hydrogen-bond donors (Lipinski definition) is 2. The monoisotopic (exact) mass is 378 g/mol. The van der Waals surface area contributed by atoms with E-state index >= 15 is 0 Å². The molecular formula is C19H20F2N2O4. The van der Waals surface area contributed by atoms with Crippen molar-refractivity contribution >= 4 is 23.4 Å². The van der Waals surface area contributed by atoms with Crippen LogP contribution in [0.3, 0.4) is 0 Å². The Kier molecular flexibility index (Phi) is 6.33. The van der Waals surface area contributed by atoms with Crippen molar-refractivity contribution in [2.24, 2.45) is 0 Å². The van der Waals surface area contributed by atoms with Gasteiger partial charge in [-0.05, 0) is 51.1 Å². The molecule has 0 saturated heterocycles. The molecule has 0 saturated carbocycles. The highest BCUT2D eigenvalue weighted by Crippen LogP contribution is 2.26. The minimum atomic E-state index is -3.01. The average molecular weight is 378 g/mol. The van der Waals surface area contributed by atoms with Crippen LogP contribution in [0.25, 0.3) is 0 Å². The Hall–Kier alpha value is -3.16. The summed E-state index contributed by atoms with van der Waals surface area (Å²) in [5.41, 5.74) is 0.0192. The van der Waals surface area contributed by atoms with Crippen LogP contribution in [0.2, 0.25) is 0 Å². The zero-order valence-electron chi connectivity index (χ0n) is 15.1. The zero-order chi connectivity index (χ0) is 20.0. The number of carbonyl (C=O) groups is 2. The van der Waals surface area contributed by atoms with Crippen LogP contribution in [0.15, 0.2) is 48.5 Å². The SMILES string of the molecule is CC(C)(C)OC(=O)Nc1cccc(C(=O)Nc2ccccc2OC(F)F)c1. The lowest BCUT2D eigenvalue weighted by Gasteiger charge is -2.19. The van der Waals surface area contributed by atoms with Gasteiger partial charge in [-0.1, -0.05) is 18.2 Å². The highest BCUT2D eigenvalue weighted by molar-refractivity contribution is 6.05. The molecule has 0 bridgehead atoms. The fourth-order valence-corrected chi connectivity index (χ4v) is 2.12. The summed E-state index contributed by atoms with van der Waals surface area (Å²) in [6.45, 7) is 2.18. The lowest BCUT2D eigenvalue weighted by molar-refractivity contribution is -0.0493. The van der Waals surface area contributed by atoms with Crippen LogP contribution >= 0.6 is 0 Å². The van der Waals surface area contributed by atoms with Crippen molar-refractivity contribution in [1.82, 2.24) is 0 Å². The molecule has 144 valence electrons. The van der Waals surface area contributed by atoms with Gasteiger partial charge in [0.15, 0.2) is 0 Å². The van der Waals surface area contributed by atoms with E-state index in [0.29, 0.717) is 5.69 Å². The number of anilines is 2. The first-order valence-electron chi connectivity index (χ1n) is 8.09. The fourth-order valence-electron chi connectivity index (χ4n) is 2.12. The molecule has 0 atom stereocenters. The van der Waals surface area contributed by atoms with E-state index in [1.807, 2.05) is 0 Å². The number of halogens is 2. The van der Waals surface area contributed by atoms with E-state index in [4.69, 9.17) is 4.74 Å². The van der Waals surface area contributed by atoms with Crippen molar-refractivity contribution in [3.05, 3.63) is 54.1 Å². The van der Waals surface area contributed by atoms with Crippen LogP contribution in [-0.4, -0.2) is 24.2 Å². The molecule has 2 amide bonds. The predicted molar refractivity (Wildman–Crippen MR) is 97.3 cm³/mol. The number of hydrogen-bond acceptors (Lipinski definition) is 4. The maximum absolute atomic E-state index is 12.5. The Morgan fingerprint density at radius 3 is 2.37 bits per heavy atom. The maximum atomic E-state index is 12.5. The third-order valence-electron chi connectivity index (χ3n) is 3.12. The number of nitrogens with one attached hydrogen (secondary N) is 2. The largest absolute Gasteiger partial charge is 0.444 e. The minimum absolute atomic E-state index is 0.105. The van der Waals surface area contributed by atoms with Crippen molar-refractivity contribution < 1.29 is 27.8 Å². The molecule has 8 heteroatoms. The van der Waals surface area contributed by atoms with E-state index in [2.05, 4.69) is 15.4 Å². The molecule has 2 aromatic carbocycles. The van der Waals surface area contributed by atoms with E-state index in [1.165, 1.54) is 30.3 Å². The zero-order valence-corrected chi connectivity index (χ0v) is 15.1. The van der Waals surface area contributed by atoms with Crippen molar-refractivity contribution in [2.45, 2.75) is 33.0 Å². The summed E-state index contributed by atoms with van der Waals surface area (Å²) in [5, 5.41) is 5.04. The van der Waals surface area contributed by atoms with Crippen LogP contribution < -0.4 is 15.4 Å². The summed E-state index contributed by atoms with van der Waals surface area (Å²) in [6.07, 6.45) is -0.657. The van der Waals surface area contributed by atoms with Crippen LogP contribution in [0, 0.1) is 0 Å². The Labute approximate surface area is 155 Å². The third-order valence-corrected chi connectivity index (χ3v) is 3.12. The normalized spacial score (nSPS) is 11.0. The number of carbonyl (C=O) groups excluding carboxylic acids is 2. The van der Waals surface area contributed by atoms with Gasteiger partial charge in [-0.2, -0.15) is 8.78 Å². The second kappa shape index (κ2) is 8.48. The summed E-state index contributed by atoms with van der Waals surface area (Å²) in [7, 11) is 0. The van der Waals surface area contributed by atoms with E-state index < -0.39 is 24.2 Å². The molecule has 2 aromatic rings. The molecule has 27 heavy (non-hydrogen) atoms. The number of alkyl halides is 2. The van der Waals surface area contributed by atoms with Crippen LogP contribution in [0.1, 0.15) is 31.1 Å². The van der Waals surface area contributed by atoms with Crippen molar-refractivity contribution in [1.29, 1.82) is 0 Å². The van der Waals surface area contributed by atoms with Gasteiger partial charge in [0.1, 0.15) is 11.4 Å². The minimum Gasteiger partial charge on any atom is -0.444 e. The van der Waals surface area contributed by atoms with Crippen LogP contribution in [0.5, 0.6) is 5.75 Å². The number of amides is 2. The Morgan fingerprint density at radius 2 is 1.70 bits per heavy atom. The lowest BCUT2D eigenvalue weighted by Crippen LogP contribution is -2.27. The first-order chi connectivity index (χ1) is 12.6. The smallest absolute Gasteiger partial charge is 0.412 e. The van der Waals surface area contributed by atoms with Gasteiger partial charge in [0.2, 0.25) is 0 Å². The molecule has 0 aliphatic heterocycles. The highest BCUT2D eigenvalue weighted by atomic mass is 19.3. The number of rotatable bonds is 5. The van der Waals surface area contributed by atoms with Crippen molar-refractivity contribution in [2.75, 3.05) is 10.6 Å². The van der Waals surface area contributed by atoms with Gasteiger partial charge < -0.3 is 14.8 Å².